The van der Waals surface area contributed by atoms with Gasteiger partial charge >= 0.3 is 0 Å². The van der Waals surface area contributed by atoms with Crippen LogP contribution in [0.5, 0.6) is 0 Å². The quantitative estimate of drug-likeness (QED) is 0.653. The second-order valence-corrected chi connectivity index (χ2v) is 6.25. The molecule has 4 rings (SSSR count). The van der Waals surface area contributed by atoms with Gasteiger partial charge in [0.2, 0.25) is 0 Å². The van der Waals surface area contributed by atoms with Crippen molar-refractivity contribution in [2.24, 2.45) is 0 Å². The highest BCUT2D eigenvalue weighted by molar-refractivity contribution is 5.55. The molecule has 0 bridgehead atoms. The minimum atomic E-state index is 0.0623. The van der Waals surface area contributed by atoms with Crippen LogP contribution in [0.1, 0.15) is 36.1 Å². The van der Waals surface area contributed by atoms with Gasteiger partial charge in [0, 0.05) is 17.8 Å². The fourth-order valence-electron chi connectivity index (χ4n) is 3.53. The zero-order valence-corrected chi connectivity index (χ0v) is 12.4. The molecule has 2 aromatic carbocycles. The first-order valence-electron chi connectivity index (χ1n) is 7.38. The largest absolute Gasteiger partial charge is 0.241 e. The van der Waals surface area contributed by atoms with E-state index in [-0.39, 0.29) is 5.41 Å². The van der Waals surface area contributed by atoms with Crippen molar-refractivity contribution in [2.75, 3.05) is 0 Å². The minimum Gasteiger partial charge on any atom is -0.241 e. The lowest BCUT2D eigenvalue weighted by molar-refractivity contribution is 0.610. The fourth-order valence-corrected chi connectivity index (χ4v) is 3.53. The van der Waals surface area contributed by atoms with E-state index in [9.17, 15) is 0 Å². The van der Waals surface area contributed by atoms with Crippen LogP contribution in [0.25, 0.3) is 5.69 Å². The predicted molar refractivity (Wildman–Crippen MR) is 84.9 cm³/mol. The maximum Gasteiger partial charge on any atom is 0.0648 e. The molecule has 104 valence electrons. The first-order valence-corrected chi connectivity index (χ1v) is 7.38. The summed E-state index contributed by atoms with van der Waals surface area (Å²) in [5.41, 5.74) is 6.92. The third-order valence-electron chi connectivity index (χ3n) is 4.60. The van der Waals surface area contributed by atoms with Crippen molar-refractivity contribution in [1.29, 1.82) is 0 Å². The third-order valence-corrected chi connectivity index (χ3v) is 4.60. The van der Waals surface area contributed by atoms with Gasteiger partial charge in [0.05, 0.1) is 5.69 Å². The SMILES string of the molecule is CC1(C)c2ccccc2Cc2cc(-n3cccn3)ccc21. The van der Waals surface area contributed by atoms with Crippen molar-refractivity contribution >= 4 is 0 Å². The standard InChI is InChI=1S/C19H18N2/c1-19(2)17-7-4-3-6-14(17)12-15-13-16(8-9-18(15)19)21-11-5-10-20-21/h3-11,13H,12H2,1-2H3. The molecule has 2 heteroatoms. The van der Waals surface area contributed by atoms with E-state index in [0.29, 0.717) is 0 Å². The van der Waals surface area contributed by atoms with Crippen LogP contribution < -0.4 is 0 Å². The molecule has 0 radical (unpaired) electrons. The summed E-state index contributed by atoms with van der Waals surface area (Å²) in [6.45, 7) is 4.63. The molecule has 0 N–H and O–H groups in total. The van der Waals surface area contributed by atoms with Crippen LogP contribution >= 0.6 is 0 Å². The number of hydrogen-bond acceptors (Lipinski definition) is 1. The van der Waals surface area contributed by atoms with E-state index in [2.05, 4.69) is 61.4 Å². The average Bonchev–Trinajstić information content (AvgIpc) is 3.01. The van der Waals surface area contributed by atoms with E-state index in [4.69, 9.17) is 0 Å². The van der Waals surface area contributed by atoms with Crippen molar-refractivity contribution in [3.05, 3.63) is 83.2 Å². The predicted octanol–water partition coefficient (Wildman–Crippen LogP) is 4.10. The van der Waals surface area contributed by atoms with Crippen molar-refractivity contribution in [1.82, 2.24) is 9.78 Å². The molecule has 0 saturated heterocycles. The Morgan fingerprint density at radius 3 is 2.57 bits per heavy atom. The van der Waals surface area contributed by atoms with Gasteiger partial charge in [0.15, 0.2) is 0 Å². The third kappa shape index (κ3) is 1.83. The second-order valence-electron chi connectivity index (χ2n) is 6.25. The van der Waals surface area contributed by atoms with Crippen LogP contribution in [0.3, 0.4) is 0 Å². The summed E-state index contributed by atoms with van der Waals surface area (Å²) in [7, 11) is 0. The average molecular weight is 274 g/mol. The summed E-state index contributed by atoms with van der Waals surface area (Å²) in [6.07, 6.45) is 4.81. The van der Waals surface area contributed by atoms with Gasteiger partial charge in [-0.15, -0.1) is 0 Å². The molecule has 1 heterocycles. The molecule has 1 aromatic heterocycles. The summed E-state index contributed by atoms with van der Waals surface area (Å²) in [5, 5.41) is 4.33. The fraction of sp³-hybridized carbons (Fsp3) is 0.211. The Labute approximate surface area is 125 Å². The Bertz CT molecular complexity index is 798. The highest BCUT2D eigenvalue weighted by Crippen LogP contribution is 2.41. The highest BCUT2D eigenvalue weighted by atomic mass is 15.3. The molecule has 0 atom stereocenters. The molecule has 1 aliphatic carbocycles. The summed E-state index contributed by atoms with van der Waals surface area (Å²) in [4.78, 5) is 0. The highest BCUT2D eigenvalue weighted by Gasteiger charge is 2.32. The van der Waals surface area contributed by atoms with Crippen molar-refractivity contribution in [2.45, 2.75) is 25.7 Å². The molecule has 0 aliphatic heterocycles. The van der Waals surface area contributed by atoms with Gasteiger partial charge in [-0.1, -0.05) is 44.2 Å². The maximum absolute atomic E-state index is 4.33. The number of aromatic nitrogens is 2. The maximum atomic E-state index is 4.33. The van der Waals surface area contributed by atoms with Crippen LogP contribution in [0, 0.1) is 0 Å². The van der Waals surface area contributed by atoms with Crippen molar-refractivity contribution < 1.29 is 0 Å². The molecule has 0 amide bonds. The van der Waals surface area contributed by atoms with Crippen molar-refractivity contribution in [3.63, 3.8) is 0 Å². The normalized spacial score (nSPS) is 15.3. The molecule has 0 unspecified atom stereocenters. The molecule has 0 fully saturated rings. The van der Waals surface area contributed by atoms with Crippen LogP contribution in [0.15, 0.2) is 60.9 Å². The Kier molecular flexibility index (Phi) is 2.55. The lowest BCUT2D eigenvalue weighted by Gasteiger charge is -2.35. The number of rotatable bonds is 1. The number of nitrogens with zero attached hydrogens (tertiary/aromatic N) is 2. The Morgan fingerprint density at radius 2 is 1.76 bits per heavy atom. The van der Waals surface area contributed by atoms with Gasteiger partial charge in [-0.2, -0.15) is 5.10 Å². The van der Waals surface area contributed by atoms with Gasteiger partial charge in [-0.05, 0) is 46.9 Å². The van der Waals surface area contributed by atoms with Gasteiger partial charge in [-0.25, -0.2) is 4.68 Å². The Hall–Kier alpha value is -2.35. The van der Waals surface area contributed by atoms with E-state index in [0.717, 1.165) is 12.1 Å². The van der Waals surface area contributed by atoms with E-state index in [1.807, 2.05) is 23.1 Å². The van der Waals surface area contributed by atoms with E-state index in [1.54, 1.807) is 0 Å². The number of benzene rings is 2. The number of hydrogen-bond donors (Lipinski definition) is 0. The molecule has 2 nitrogen and oxygen atoms in total. The van der Waals surface area contributed by atoms with E-state index in [1.165, 1.54) is 22.3 Å². The van der Waals surface area contributed by atoms with Crippen LogP contribution in [-0.2, 0) is 11.8 Å². The minimum absolute atomic E-state index is 0.0623. The summed E-state index contributed by atoms with van der Waals surface area (Å²) in [5.74, 6) is 0. The molecular weight excluding hydrogens is 256 g/mol. The van der Waals surface area contributed by atoms with Gasteiger partial charge in [0.25, 0.3) is 0 Å². The van der Waals surface area contributed by atoms with Crippen LogP contribution in [0.4, 0.5) is 0 Å². The van der Waals surface area contributed by atoms with Crippen LogP contribution in [-0.4, -0.2) is 9.78 Å². The lowest BCUT2D eigenvalue weighted by Crippen LogP contribution is -2.27. The Morgan fingerprint density at radius 1 is 0.952 bits per heavy atom. The topological polar surface area (TPSA) is 17.8 Å². The van der Waals surface area contributed by atoms with Gasteiger partial charge in [0.1, 0.15) is 0 Å². The summed E-state index contributed by atoms with van der Waals surface area (Å²) in [6, 6.07) is 17.5. The van der Waals surface area contributed by atoms with Gasteiger partial charge in [-0.3, -0.25) is 0 Å². The molecule has 0 saturated carbocycles. The Balaban J connectivity index is 1.89. The molecular formula is C19H18N2. The smallest absolute Gasteiger partial charge is 0.0648 e. The van der Waals surface area contributed by atoms with Gasteiger partial charge < -0.3 is 0 Å². The van der Waals surface area contributed by atoms with E-state index < -0.39 is 0 Å². The lowest BCUT2D eigenvalue weighted by atomic mass is 9.69. The molecule has 0 spiro atoms. The summed E-state index contributed by atoms with van der Waals surface area (Å²) >= 11 is 0. The zero-order valence-electron chi connectivity index (χ0n) is 12.4. The van der Waals surface area contributed by atoms with Crippen molar-refractivity contribution in [3.8, 4) is 5.69 Å². The first-order chi connectivity index (χ1) is 10.2. The zero-order chi connectivity index (χ0) is 14.4. The second kappa shape index (κ2) is 4.32. The van der Waals surface area contributed by atoms with E-state index >= 15 is 0 Å². The molecule has 21 heavy (non-hydrogen) atoms. The molecule has 1 aliphatic rings. The summed E-state index contributed by atoms with van der Waals surface area (Å²) < 4.78 is 1.92. The monoisotopic (exact) mass is 274 g/mol. The van der Waals surface area contributed by atoms with Crippen LogP contribution in [0.2, 0.25) is 0 Å². The number of fused-ring (bicyclic) bond motifs is 2. The molecule has 3 aromatic rings. The first kappa shape index (κ1) is 12.4.